The number of benzene rings is 2. The Balaban J connectivity index is 2.04. The topological polar surface area (TPSA) is 35.5 Å². The van der Waals surface area contributed by atoms with Crippen molar-refractivity contribution < 1.29 is 14.3 Å². The van der Waals surface area contributed by atoms with Crippen LogP contribution in [0, 0.1) is 11.8 Å². The van der Waals surface area contributed by atoms with E-state index in [2.05, 4.69) is 11.8 Å². The Morgan fingerprint density at radius 3 is 2.52 bits per heavy atom. The lowest BCUT2D eigenvalue weighted by Crippen LogP contribution is -1.99. The zero-order valence-electron chi connectivity index (χ0n) is 12.1. The number of ether oxygens (including phenoxy) is 2. The maximum absolute atomic E-state index is 11.3. The lowest BCUT2D eigenvalue weighted by molar-refractivity contribution is 0.101. The van der Waals surface area contributed by atoms with Crippen LogP contribution < -0.4 is 9.47 Å². The molecule has 0 saturated heterocycles. The van der Waals surface area contributed by atoms with Crippen LogP contribution in [0.25, 0.3) is 0 Å². The molecule has 2 aromatic rings. The number of carbonyl (C=O) groups is 1. The number of hydrogen-bond acceptors (Lipinski definition) is 3. The molecule has 2 rings (SSSR count). The minimum Gasteiger partial charge on any atom is -0.493 e. The molecule has 3 nitrogen and oxygen atoms in total. The van der Waals surface area contributed by atoms with E-state index >= 15 is 0 Å². The summed E-state index contributed by atoms with van der Waals surface area (Å²) in [6.07, 6.45) is 0. The average molecular weight is 280 g/mol. The first kappa shape index (κ1) is 14.7. The number of rotatable bonds is 4. The van der Waals surface area contributed by atoms with Crippen LogP contribution in [-0.2, 0) is 0 Å². The van der Waals surface area contributed by atoms with E-state index in [9.17, 15) is 4.79 Å². The summed E-state index contributed by atoms with van der Waals surface area (Å²) in [5.41, 5.74) is 1.54. The predicted molar refractivity (Wildman–Crippen MR) is 81.8 cm³/mol. The van der Waals surface area contributed by atoms with Gasteiger partial charge in [-0.3, -0.25) is 4.79 Å². The standard InChI is InChI=1S/C18H16O3/c1-14(19)16-10-11-17(18(13-16)20-2)21-12-6-9-15-7-4-3-5-8-15/h3-5,7-8,10-11,13H,12H2,1-2H3. The first-order valence-corrected chi connectivity index (χ1v) is 6.56. The maximum Gasteiger partial charge on any atom is 0.162 e. The summed E-state index contributed by atoms with van der Waals surface area (Å²) >= 11 is 0. The van der Waals surface area contributed by atoms with E-state index in [0.29, 0.717) is 17.1 Å². The molecule has 0 aromatic heterocycles. The third-order valence-electron chi connectivity index (χ3n) is 2.88. The van der Waals surface area contributed by atoms with E-state index < -0.39 is 0 Å². The summed E-state index contributed by atoms with van der Waals surface area (Å²) in [7, 11) is 1.54. The van der Waals surface area contributed by atoms with Crippen LogP contribution in [0.15, 0.2) is 48.5 Å². The van der Waals surface area contributed by atoms with E-state index in [4.69, 9.17) is 9.47 Å². The first-order chi connectivity index (χ1) is 10.2. The molecule has 0 spiro atoms. The molecule has 0 fully saturated rings. The van der Waals surface area contributed by atoms with Crippen LogP contribution in [0.2, 0.25) is 0 Å². The fourth-order valence-corrected chi connectivity index (χ4v) is 1.78. The van der Waals surface area contributed by atoms with E-state index in [1.165, 1.54) is 6.92 Å². The van der Waals surface area contributed by atoms with Gasteiger partial charge in [-0.05, 0) is 37.3 Å². The number of ketones is 1. The van der Waals surface area contributed by atoms with Gasteiger partial charge in [0.15, 0.2) is 17.3 Å². The second kappa shape index (κ2) is 7.16. The van der Waals surface area contributed by atoms with Crippen molar-refractivity contribution >= 4 is 5.78 Å². The normalized spacial score (nSPS) is 9.43. The van der Waals surface area contributed by atoms with Gasteiger partial charge >= 0.3 is 0 Å². The van der Waals surface area contributed by atoms with Crippen molar-refractivity contribution in [3.63, 3.8) is 0 Å². The summed E-state index contributed by atoms with van der Waals surface area (Å²) in [5.74, 6) is 7.05. The summed E-state index contributed by atoms with van der Waals surface area (Å²) < 4.78 is 10.8. The van der Waals surface area contributed by atoms with E-state index in [1.54, 1.807) is 25.3 Å². The van der Waals surface area contributed by atoms with Gasteiger partial charge in [-0.1, -0.05) is 30.0 Å². The van der Waals surface area contributed by atoms with Gasteiger partial charge in [-0.15, -0.1) is 0 Å². The second-order valence-corrected chi connectivity index (χ2v) is 4.38. The fraction of sp³-hybridized carbons (Fsp3) is 0.167. The van der Waals surface area contributed by atoms with Crippen molar-refractivity contribution in [2.75, 3.05) is 13.7 Å². The lowest BCUT2D eigenvalue weighted by atomic mass is 10.1. The highest BCUT2D eigenvalue weighted by Crippen LogP contribution is 2.28. The minimum absolute atomic E-state index is 0.0104. The van der Waals surface area contributed by atoms with Gasteiger partial charge in [-0.2, -0.15) is 0 Å². The van der Waals surface area contributed by atoms with Gasteiger partial charge in [0.1, 0.15) is 6.61 Å². The van der Waals surface area contributed by atoms with Gasteiger partial charge in [0.05, 0.1) is 7.11 Å². The van der Waals surface area contributed by atoms with Crippen LogP contribution in [0.5, 0.6) is 11.5 Å². The van der Waals surface area contributed by atoms with E-state index in [1.807, 2.05) is 30.3 Å². The minimum atomic E-state index is -0.0104. The molecule has 0 bridgehead atoms. The second-order valence-electron chi connectivity index (χ2n) is 4.38. The van der Waals surface area contributed by atoms with Gasteiger partial charge in [0.25, 0.3) is 0 Å². The molecular weight excluding hydrogens is 264 g/mol. The van der Waals surface area contributed by atoms with Crippen molar-refractivity contribution in [3.05, 3.63) is 59.7 Å². The van der Waals surface area contributed by atoms with E-state index in [0.717, 1.165) is 5.56 Å². The summed E-state index contributed by atoms with van der Waals surface area (Å²) in [4.78, 5) is 11.3. The molecule has 0 N–H and O–H groups in total. The highest BCUT2D eigenvalue weighted by atomic mass is 16.5. The largest absolute Gasteiger partial charge is 0.493 e. The van der Waals surface area contributed by atoms with Crippen molar-refractivity contribution in [3.8, 4) is 23.3 Å². The molecule has 2 aromatic carbocycles. The molecule has 106 valence electrons. The van der Waals surface area contributed by atoms with Crippen molar-refractivity contribution in [2.45, 2.75) is 6.92 Å². The van der Waals surface area contributed by atoms with Gasteiger partial charge in [0, 0.05) is 11.1 Å². The Kier molecular flexibility index (Phi) is 5.00. The molecule has 21 heavy (non-hydrogen) atoms. The fourth-order valence-electron chi connectivity index (χ4n) is 1.78. The predicted octanol–water partition coefficient (Wildman–Crippen LogP) is 3.33. The smallest absolute Gasteiger partial charge is 0.162 e. The Bertz CT molecular complexity index is 679. The van der Waals surface area contributed by atoms with Gasteiger partial charge in [0.2, 0.25) is 0 Å². The molecular formula is C18H16O3. The highest BCUT2D eigenvalue weighted by molar-refractivity contribution is 5.94. The third-order valence-corrected chi connectivity index (χ3v) is 2.88. The van der Waals surface area contributed by atoms with Crippen LogP contribution in [0.1, 0.15) is 22.8 Å². The Morgan fingerprint density at radius 1 is 1.10 bits per heavy atom. The number of methoxy groups -OCH3 is 1. The highest BCUT2D eigenvalue weighted by Gasteiger charge is 2.07. The molecule has 0 amide bonds. The van der Waals surface area contributed by atoms with Crippen LogP contribution in [-0.4, -0.2) is 19.5 Å². The van der Waals surface area contributed by atoms with E-state index in [-0.39, 0.29) is 12.4 Å². The average Bonchev–Trinajstić information content (AvgIpc) is 2.52. The molecule has 0 heterocycles. The van der Waals surface area contributed by atoms with Crippen LogP contribution >= 0.6 is 0 Å². The van der Waals surface area contributed by atoms with Crippen molar-refractivity contribution in [1.29, 1.82) is 0 Å². The lowest BCUT2D eigenvalue weighted by Gasteiger charge is -2.09. The maximum atomic E-state index is 11.3. The molecule has 0 aliphatic carbocycles. The molecule has 0 radical (unpaired) electrons. The van der Waals surface area contributed by atoms with Crippen LogP contribution in [0.4, 0.5) is 0 Å². The van der Waals surface area contributed by atoms with Gasteiger partial charge in [-0.25, -0.2) is 0 Å². The number of carbonyl (C=O) groups excluding carboxylic acids is 1. The number of Topliss-reactive ketones (excluding diaryl/α,β-unsaturated/α-hetero) is 1. The molecule has 0 saturated carbocycles. The molecule has 3 heteroatoms. The van der Waals surface area contributed by atoms with Gasteiger partial charge < -0.3 is 9.47 Å². The number of hydrogen-bond donors (Lipinski definition) is 0. The zero-order valence-corrected chi connectivity index (χ0v) is 12.1. The third kappa shape index (κ3) is 4.12. The molecule has 0 atom stereocenters. The Morgan fingerprint density at radius 2 is 1.86 bits per heavy atom. The molecule has 0 aliphatic rings. The van der Waals surface area contributed by atoms with Crippen molar-refractivity contribution in [2.24, 2.45) is 0 Å². The zero-order chi connectivity index (χ0) is 15.1. The Labute approximate surface area is 124 Å². The van der Waals surface area contributed by atoms with Crippen molar-refractivity contribution in [1.82, 2.24) is 0 Å². The summed E-state index contributed by atoms with van der Waals surface area (Å²) in [6, 6.07) is 14.8. The SMILES string of the molecule is COc1cc(C(C)=O)ccc1OCC#Cc1ccccc1. The first-order valence-electron chi connectivity index (χ1n) is 6.56. The molecule has 0 aliphatic heterocycles. The monoisotopic (exact) mass is 280 g/mol. The summed E-state index contributed by atoms with van der Waals surface area (Å²) in [5, 5.41) is 0. The summed E-state index contributed by atoms with van der Waals surface area (Å²) in [6.45, 7) is 1.77. The molecule has 0 unspecified atom stereocenters. The quantitative estimate of drug-likeness (QED) is 0.636. The Hall–Kier alpha value is -2.73. The van der Waals surface area contributed by atoms with Crippen LogP contribution in [0.3, 0.4) is 0 Å².